The highest BCUT2D eigenvalue weighted by Gasteiger charge is 2.25. The Balaban J connectivity index is 2.36. The Kier molecular flexibility index (Phi) is 4.38. The Morgan fingerprint density at radius 2 is 1.76 bits per heavy atom. The average Bonchev–Trinajstić information content (AvgIpc) is 2.84. The number of benzene rings is 2. The van der Waals surface area contributed by atoms with Crippen LogP contribution in [0.3, 0.4) is 0 Å². The van der Waals surface area contributed by atoms with Crippen molar-refractivity contribution in [2.45, 2.75) is 0 Å². The molecule has 1 heterocycles. The van der Waals surface area contributed by atoms with Crippen LogP contribution in [0, 0.1) is 11.6 Å². The molecule has 3 rings (SSSR count). The number of hydrogen-bond donors (Lipinski definition) is 1. The van der Waals surface area contributed by atoms with Crippen molar-refractivity contribution in [1.29, 1.82) is 0 Å². The molecule has 0 radical (unpaired) electrons. The predicted octanol–water partition coefficient (Wildman–Crippen LogP) is 3.99. The van der Waals surface area contributed by atoms with Crippen LogP contribution >= 0.6 is 11.6 Å². The van der Waals surface area contributed by atoms with E-state index in [9.17, 15) is 22.0 Å². The van der Waals surface area contributed by atoms with Crippen LogP contribution in [0.1, 0.15) is 10.5 Å². The number of halogens is 3. The summed E-state index contributed by atoms with van der Waals surface area (Å²) in [6.45, 7) is 0. The van der Waals surface area contributed by atoms with E-state index in [1.807, 2.05) is 0 Å². The quantitative estimate of drug-likeness (QED) is 0.692. The van der Waals surface area contributed by atoms with E-state index in [2.05, 4.69) is 4.98 Å². The fraction of sp³-hybridized carbons (Fsp3) is 0.118. The van der Waals surface area contributed by atoms with Crippen LogP contribution in [0.4, 0.5) is 8.78 Å². The van der Waals surface area contributed by atoms with Crippen LogP contribution in [0.5, 0.6) is 0 Å². The maximum absolute atomic E-state index is 14.3. The maximum Gasteiger partial charge on any atom is 0.194 e. The first-order valence-electron chi connectivity index (χ1n) is 7.14. The molecule has 0 bridgehead atoms. The normalized spacial score (nSPS) is 11.8. The van der Waals surface area contributed by atoms with Gasteiger partial charge >= 0.3 is 0 Å². The summed E-state index contributed by atoms with van der Waals surface area (Å²) in [5.74, 6) is -3.30. The fourth-order valence-corrected chi connectivity index (χ4v) is 3.47. The molecule has 0 aliphatic carbocycles. The predicted molar refractivity (Wildman–Crippen MR) is 92.7 cm³/mol. The van der Waals surface area contributed by atoms with Crippen LogP contribution in [0.25, 0.3) is 22.0 Å². The Morgan fingerprint density at radius 1 is 1.12 bits per heavy atom. The minimum Gasteiger partial charge on any atom is -0.352 e. The summed E-state index contributed by atoms with van der Waals surface area (Å²) in [6, 6.07) is 7.89. The van der Waals surface area contributed by atoms with Gasteiger partial charge in [-0.15, -0.1) is 0 Å². The van der Waals surface area contributed by atoms with Crippen molar-refractivity contribution in [3.05, 3.63) is 58.7 Å². The van der Waals surface area contributed by atoms with Crippen molar-refractivity contribution >= 4 is 38.1 Å². The Hall–Kier alpha value is -2.25. The molecule has 0 aliphatic heterocycles. The third-order valence-corrected chi connectivity index (χ3v) is 4.67. The number of nitrogens with one attached hydrogen (secondary N) is 1. The summed E-state index contributed by atoms with van der Waals surface area (Å²) in [5.41, 5.74) is -0.208. The van der Waals surface area contributed by atoms with E-state index in [0.29, 0.717) is 15.9 Å². The molecule has 2 aromatic carbocycles. The lowest BCUT2D eigenvalue weighted by atomic mass is 9.99. The van der Waals surface area contributed by atoms with Gasteiger partial charge in [0.15, 0.2) is 15.6 Å². The maximum atomic E-state index is 14.3. The Morgan fingerprint density at radius 3 is 2.36 bits per heavy atom. The third-order valence-electron chi connectivity index (χ3n) is 3.65. The standard InChI is InChI=1S/C17H12ClF2NO3S/c1-25(23,24)8-14(22)17-15(16-11(19)3-2-4-12(16)20)10-7-9(18)5-6-13(10)21-17/h2-7,21H,8H2,1H3. The van der Waals surface area contributed by atoms with E-state index in [1.54, 1.807) is 12.1 Å². The Labute approximate surface area is 147 Å². The first kappa shape index (κ1) is 17.6. The number of H-pyrrole nitrogens is 1. The first-order chi connectivity index (χ1) is 11.7. The van der Waals surface area contributed by atoms with Gasteiger partial charge in [0, 0.05) is 27.7 Å². The van der Waals surface area contributed by atoms with E-state index >= 15 is 0 Å². The van der Waals surface area contributed by atoms with Crippen LogP contribution < -0.4 is 0 Å². The number of aromatic amines is 1. The molecule has 0 aliphatic rings. The lowest BCUT2D eigenvalue weighted by Gasteiger charge is -2.07. The molecule has 1 N–H and O–H groups in total. The topological polar surface area (TPSA) is 67.0 Å². The number of fused-ring (bicyclic) bond motifs is 1. The fourth-order valence-electron chi connectivity index (χ4n) is 2.68. The van der Waals surface area contributed by atoms with Gasteiger partial charge in [-0.25, -0.2) is 17.2 Å². The lowest BCUT2D eigenvalue weighted by Crippen LogP contribution is -2.16. The number of carbonyl (C=O) groups is 1. The van der Waals surface area contributed by atoms with Crippen molar-refractivity contribution in [3.8, 4) is 11.1 Å². The molecule has 0 saturated heterocycles. The van der Waals surface area contributed by atoms with E-state index in [1.165, 1.54) is 12.1 Å². The molecule has 0 spiro atoms. The van der Waals surface area contributed by atoms with Crippen LogP contribution in [-0.4, -0.2) is 31.2 Å². The van der Waals surface area contributed by atoms with E-state index < -0.39 is 38.6 Å². The molecule has 1 aromatic heterocycles. The number of rotatable bonds is 4. The molecule has 25 heavy (non-hydrogen) atoms. The monoisotopic (exact) mass is 383 g/mol. The molecule has 0 amide bonds. The van der Waals surface area contributed by atoms with E-state index in [0.717, 1.165) is 18.4 Å². The number of Topliss-reactive ketones (excluding diaryl/α,β-unsaturated/α-hetero) is 1. The van der Waals surface area contributed by atoms with E-state index in [4.69, 9.17) is 11.6 Å². The molecule has 8 heteroatoms. The molecule has 0 saturated carbocycles. The SMILES string of the molecule is CS(=O)(=O)CC(=O)c1[nH]c2ccc(Cl)cc2c1-c1c(F)cccc1F. The summed E-state index contributed by atoms with van der Waals surface area (Å²) < 4.78 is 51.5. The minimum atomic E-state index is -3.62. The summed E-state index contributed by atoms with van der Waals surface area (Å²) in [6.07, 6.45) is 0.910. The van der Waals surface area contributed by atoms with Gasteiger partial charge in [-0.1, -0.05) is 17.7 Å². The zero-order chi connectivity index (χ0) is 18.4. The summed E-state index contributed by atoms with van der Waals surface area (Å²) in [4.78, 5) is 15.2. The van der Waals surface area contributed by atoms with Crippen molar-refractivity contribution < 1.29 is 22.0 Å². The second kappa shape index (κ2) is 6.24. The van der Waals surface area contributed by atoms with Crippen LogP contribution in [-0.2, 0) is 9.84 Å². The summed E-state index contributed by atoms with van der Waals surface area (Å²) in [5, 5.41) is 0.639. The first-order valence-corrected chi connectivity index (χ1v) is 9.58. The second-order valence-corrected chi connectivity index (χ2v) is 8.23. The minimum absolute atomic E-state index is 0.0400. The van der Waals surface area contributed by atoms with Crippen molar-refractivity contribution in [2.75, 3.05) is 12.0 Å². The van der Waals surface area contributed by atoms with Crippen LogP contribution in [0.15, 0.2) is 36.4 Å². The highest BCUT2D eigenvalue weighted by Crippen LogP contribution is 2.37. The van der Waals surface area contributed by atoms with Gasteiger partial charge in [0.05, 0.1) is 11.3 Å². The van der Waals surface area contributed by atoms with Crippen molar-refractivity contribution in [3.63, 3.8) is 0 Å². The zero-order valence-corrected chi connectivity index (χ0v) is 14.5. The smallest absolute Gasteiger partial charge is 0.194 e. The number of sulfone groups is 1. The zero-order valence-electron chi connectivity index (χ0n) is 12.9. The van der Waals surface area contributed by atoms with Gasteiger partial charge in [0.2, 0.25) is 0 Å². The highest BCUT2D eigenvalue weighted by atomic mass is 35.5. The highest BCUT2D eigenvalue weighted by molar-refractivity contribution is 7.91. The molecule has 4 nitrogen and oxygen atoms in total. The van der Waals surface area contributed by atoms with Gasteiger partial charge in [-0.2, -0.15) is 0 Å². The molecular weight excluding hydrogens is 372 g/mol. The Bertz CT molecular complexity index is 1090. The van der Waals surface area contributed by atoms with Gasteiger partial charge in [0.1, 0.15) is 17.4 Å². The van der Waals surface area contributed by atoms with Gasteiger partial charge in [0.25, 0.3) is 0 Å². The second-order valence-electron chi connectivity index (χ2n) is 5.65. The third kappa shape index (κ3) is 3.43. The number of hydrogen-bond acceptors (Lipinski definition) is 3. The van der Waals surface area contributed by atoms with Gasteiger partial charge in [-0.3, -0.25) is 4.79 Å². The molecule has 0 unspecified atom stereocenters. The average molecular weight is 384 g/mol. The number of carbonyl (C=O) groups excluding carboxylic acids is 1. The van der Waals surface area contributed by atoms with Crippen LogP contribution in [0.2, 0.25) is 5.02 Å². The lowest BCUT2D eigenvalue weighted by molar-refractivity contribution is 0.101. The van der Waals surface area contributed by atoms with Gasteiger partial charge in [-0.05, 0) is 30.3 Å². The summed E-state index contributed by atoms with van der Waals surface area (Å²) in [7, 11) is -3.62. The van der Waals surface area contributed by atoms with Gasteiger partial charge < -0.3 is 4.98 Å². The molecule has 130 valence electrons. The largest absolute Gasteiger partial charge is 0.352 e. The van der Waals surface area contributed by atoms with Crippen molar-refractivity contribution in [1.82, 2.24) is 4.98 Å². The molecule has 0 fully saturated rings. The molecule has 0 atom stereocenters. The molecule has 3 aromatic rings. The summed E-state index contributed by atoms with van der Waals surface area (Å²) >= 11 is 5.97. The molecular formula is C17H12ClF2NO3S. The number of aromatic nitrogens is 1. The number of ketones is 1. The van der Waals surface area contributed by atoms with Crippen molar-refractivity contribution in [2.24, 2.45) is 0 Å². The van der Waals surface area contributed by atoms with E-state index in [-0.39, 0.29) is 11.3 Å².